The third-order valence-electron chi connectivity index (χ3n) is 4.25. The van der Waals surface area contributed by atoms with Gasteiger partial charge in [-0.3, -0.25) is 0 Å². The summed E-state index contributed by atoms with van der Waals surface area (Å²) in [6.45, 7) is 1.71. The van der Waals surface area contributed by atoms with E-state index in [1.807, 2.05) is 6.07 Å². The Bertz CT molecular complexity index is 666. The molecule has 1 aromatic rings. The Labute approximate surface area is 140 Å². The van der Waals surface area contributed by atoms with Crippen LogP contribution < -0.4 is 10.6 Å². The number of hydrogen-bond acceptors (Lipinski definition) is 3. The third-order valence-corrected chi connectivity index (χ3v) is 4.48. The quantitative estimate of drug-likeness (QED) is 0.832. The monoisotopic (exact) mass is 334 g/mol. The molecule has 0 bridgehead atoms. The molecule has 2 aliphatic rings. The molecule has 0 radical (unpaired) electrons. The number of allylic oxidation sites excluding steroid dienone is 1. The lowest BCUT2D eigenvalue weighted by Crippen LogP contribution is -2.45. The zero-order valence-corrected chi connectivity index (χ0v) is 13.7. The van der Waals surface area contributed by atoms with Gasteiger partial charge in [0.2, 0.25) is 0 Å². The van der Waals surface area contributed by atoms with Gasteiger partial charge in [0.1, 0.15) is 6.10 Å². The molecule has 1 atom stereocenters. The van der Waals surface area contributed by atoms with Crippen molar-refractivity contribution in [2.24, 2.45) is 0 Å². The average molecular weight is 335 g/mol. The van der Waals surface area contributed by atoms with Crippen LogP contribution in [0.4, 0.5) is 4.79 Å². The van der Waals surface area contributed by atoms with E-state index in [0.29, 0.717) is 16.3 Å². The largest absolute Gasteiger partial charge is 0.459 e. The minimum Gasteiger partial charge on any atom is -0.459 e. The second kappa shape index (κ2) is 6.62. The number of carbonyl (C=O) groups excluding carboxylic acids is 2. The first-order valence-corrected chi connectivity index (χ1v) is 8.17. The van der Waals surface area contributed by atoms with Crippen LogP contribution in [0.15, 0.2) is 35.5 Å². The number of hydrogen-bond donors (Lipinski definition) is 2. The maximum atomic E-state index is 12.6. The van der Waals surface area contributed by atoms with Crippen molar-refractivity contribution < 1.29 is 14.3 Å². The van der Waals surface area contributed by atoms with Crippen molar-refractivity contribution in [1.29, 1.82) is 0 Å². The Kier molecular flexibility index (Phi) is 4.57. The molecular weight excluding hydrogens is 316 g/mol. The maximum absolute atomic E-state index is 12.6. The Morgan fingerprint density at radius 1 is 1.30 bits per heavy atom. The van der Waals surface area contributed by atoms with Crippen LogP contribution in [0, 0.1) is 0 Å². The van der Waals surface area contributed by atoms with Crippen LogP contribution in [0.25, 0.3) is 0 Å². The Morgan fingerprint density at radius 3 is 2.74 bits per heavy atom. The van der Waals surface area contributed by atoms with Gasteiger partial charge in [-0.1, -0.05) is 23.7 Å². The average Bonchev–Trinajstić information content (AvgIpc) is 2.99. The summed E-state index contributed by atoms with van der Waals surface area (Å²) in [5.74, 6) is -0.383. The van der Waals surface area contributed by atoms with Gasteiger partial charge in [-0.25, -0.2) is 9.59 Å². The van der Waals surface area contributed by atoms with Crippen molar-refractivity contribution in [2.75, 3.05) is 0 Å². The molecule has 122 valence electrons. The minimum absolute atomic E-state index is 0.0274. The standard InChI is InChI=1S/C17H19ClN2O3/c1-10-14(16(21)23-13-7-2-3-8-13)15(20-17(22)19-10)11-5-4-6-12(18)9-11/h4-6,9,13,15H,2-3,7-8H2,1H3,(H2,19,20,22)/t15-/m0/s1. The molecule has 0 saturated heterocycles. The van der Waals surface area contributed by atoms with Crippen molar-refractivity contribution in [3.63, 3.8) is 0 Å². The van der Waals surface area contributed by atoms with E-state index in [1.165, 1.54) is 0 Å². The number of amides is 2. The molecule has 2 N–H and O–H groups in total. The van der Waals surface area contributed by atoms with Crippen LogP contribution in [0.1, 0.15) is 44.2 Å². The molecule has 1 fully saturated rings. The molecule has 1 heterocycles. The smallest absolute Gasteiger partial charge is 0.338 e. The second-order valence-electron chi connectivity index (χ2n) is 5.94. The summed E-state index contributed by atoms with van der Waals surface area (Å²) in [4.78, 5) is 24.4. The number of esters is 1. The predicted molar refractivity (Wildman–Crippen MR) is 86.9 cm³/mol. The summed E-state index contributed by atoms with van der Waals surface area (Å²) in [5, 5.41) is 5.98. The summed E-state index contributed by atoms with van der Waals surface area (Å²) in [7, 11) is 0. The van der Waals surface area contributed by atoms with Gasteiger partial charge >= 0.3 is 12.0 Å². The van der Waals surface area contributed by atoms with Gasteiger partial charge in [-0.15, -0.1) is 0 Å². The number of benzene rings is 1. The van der Waals surface area contributed by atoms with Crippen LogP contribution >= 0.6 is 11.6 Å². The molecule has 0 spiro atoms. The number of rotatable bonds is 3. The third kappa shape index (κ3) is 3.50. The molecule has 1 aromatic carbocycles. The number of nitrogens with one attached hydrogen (secondary N) is 2. The van der Waals surface area contributed by atoms with E-state index in [-0.39, 0.29) is 18.1 Å². The maximum Gasteiger partial charge on any atom is 0.338 e. The summed E-state index contributed by atoms with van der Waals surface area (Å²) in [6.07, 6.45) is 3.95. The van der Waals surface area contributed by atoms with Crippen LogP contribution in [-0.2, 0) is 9.53 Å². The molecule has 1 aliphatic heterocycles. The lowest BCUT2D eigenvalue weighted by Gasteiger charge is -2.29. The molecular formula is C17H19ClN2O3. The van der Waals surface area contributed by atoms with Crippen LogP contribution in [0.3, 0.4) is 0 Å². The highest BCUT2D eigenvalue weighted by Crippen LogP contribution is 2.30. The second-order valence-corrected chi connectivity index (χ2v) is 6.37. The topological polar surface area (TPSA) is 67.4 Å². The van der Waals surface area contributed by atoms with Gasteiger partial charge in [-0.2, -0.15) is 0 Å². The molecule has 3 rings (SSSR count). The van der Waals surface area contributed by atoms with Gasteiger partial charge in [0.15, 0.2) is 0 Å². The van der Waals surface area contributed by atoms with Crippen LogP contribution in [0.5, 0.6) is 0 Å². The predicted octanol–water partition coefficient (Wildman–Crippen LogP) is 3.45. The first-order chi connectivity index (χ1) is 11.0. The summed E-state index contributed by atoms with van der Waals surface area (Å²) >= 11 is 6.04. The van der Waals surface area contributed by atoms with E-state index in [4.69, 9.17) is 16.3 Å². The van der Waals surface area contributed by atoms with Gasteiger partial charge in [0.05, 0.1) is 11.6 Å². The number of urea groups is 1. The fourth-order valence-corrected chi connectivity index (χ4v) is 3.32. The minimum atomic E-state index is -0.559. The van der Waals surface area contributed by atoms with E-state index in [0.717, 1.165) is 31.2 Å². The first kappa shape index (κ1) is 15.9. The summed E-state index contributed by atoms with van der Waals surface area (Å²) in [5.41, 5.74) is 1.70. The zero-order valence-electron chi connectivity index (χ0n) is 12.9. The molecule has 0 unspecified atom stereocenters. The highest BCUT2D eigenvalue weighted by atomic mass is 35.5. The Morgan fingerprint density at radius 2 is 2.04 bits per heavy atom. The van der Waals surface area contributed by atoms with Gasteiger partial charge in [-0.05, 0) is 50.3 Å². The summed E-state index contributed by atoms with van der Waals surface area (Å²) in [6, 6.07) is 6.22. The highest BCUT2D eigenvalue weighted by Gasteiger charge is 2.33. The van der Waals surface area contributed by atoms with Crippen LogP contribution in [-0.4, -0.2) is 18.1 Å². The SMILES string of the molecule is CC1=C(C(=O)OC2CCCC2)[C@H](c2cccc(Cl)c2)NC(=O)N1. The van der Waals surface area contributed by atoms with Gasteiger partial charge in [0.25, 0.3) is 0 Å². The molecule has 2 amide bonds. The lowest BCUT2D eigenvalue weighted by atomic mass is 9.95. The molecule has 1 aliphatic carbocycles. The molecule has 1 saturated carbocycles. The summed E-state index contributed by atoms with van der Waals surface area (Å²) < 4.78 is 5.62. The van der Waals surface area contributed by atoms with Crippen molar-refractivity contribution in [1.82, 2.24) is 10.6 Å². The van der Waals surface area contributed by atoms with Crippen molar-refractivity contribution in [3.05, 3.63) is 46.1 Å². The zero-order chi connectivity index (χ0) is 16.4. The molecule has 23 heavy (non-hydrogen) atoms. The van der Waals surface area contributed by atoms with E-state index in [9.17, 15) is 9.59 Å². The van der Waals surface area contributed by atoms with E-state index >= 15 is 0 Å². The number of ether oxygens (including phenoxy) is 1. The molecule has 0 aromatic heterocycles. The number of halogens is 1. The van der Waals surface area contributed by atoms with Crippen LogP contribution in [0.2, 0.25) is 5.02 Å². The fourth-order valence-electron chi connectivity index (χ4n) is 3.12. The Balaban J connectivity index is 1.90. The van der Waals surface area contributed by atoms with Crippen molar-refractivity contribution in [3.8, 4) is 0 Å². The van der Waals surface area contributed by atoms with E-state index < -0.39 is 6.04 Å². The van der Waals surface area contributed by atoms with Crippen molar-refractivity contribution in [2.45, 2.75) is 44.8 Å². The number of carbonyl (C=O) groups is 2. The van der Waals surface area contributed by atoms with E-state index in [1.54, 1.807) is 25.1 Å². The van der Waals surface area contributed by atoms with E-state index in [2.05, 4.69) is 10.6 Å². The highest BCUT2D eigenvalue weighted by molar-refractivity contribution is 6.30. The lowest BCUT2D eigenvalue weighted by molar-refractivity contribution is -0.144. The van der Waals surface area contributed by atoms with Crippen molar-refractivity contribution >= 4 is 23.6 Å². The normalized spacial score (nSPS) is 21.8. The van der Waals surface area contributed by atoms with Gasteiger partial charge < -0.3 is 15.4 Å². The Hall–Kier alpha value is -2.01. The molecule has 6 heteroatoms. The molecule has 5 nitrogen and oxygen atoms in total. The van der Waals surface area contributed by atoms with Gasteiger partial charge in [0, 0.05) is 10.7 Å². The fraction of sp³-hybridized carbons (Fsp3) is 0.412. The first-order valence-electron chi connectivity index (χ1n) is 7.79.